The van der Waals surface area contributed by atoms with Crippen LogP contribution in [0.4, 0.5) is 0 Å². The molecule has 0 radical (unpaired) electrons. The fourth-order valence-electron chi connectivity index (χ4n) is 1.34. The van der Waals surface area contributed by atoms with E-state index in [2.05, 4.69) is 6.92 Å². The van der Waals surface area contributed by atoms with Gasteiger partial charge in [0.1, 0.15) is 0 Å². The zero-order valence-corrected chi connectivity index (χ0v) is 10.7. The van der Waals surface area contributed by atoms with Crippen molar-refractivity contribution < 1.29 is 24.9 Å². The normalized spacial score (nSPS) is 21.6. The van der Waals surface area contributed by atoms with Gasteiger partial charge in [-0.25, -0.2) is 4.79 Å². The molecule has 0 fully saturated rings. The minimum atomic E-state index is -1.08. The van der Waals surface area contributed by atoms with Crippen LogP contribution in [0.1, 0.15) is 33.1 Å². The monoisotopic (exact) mass is 256 g/mol. The Morgan fingerprint density at radius 3 is 2.33 bits per heavy atom. The number of aliphatic hydroxyl groups excluding tert-OH is 1. The van der Waals surface area contributed by atoms with Crippen LogP contribution in [0, 0.1) is 5.41 Å². The highest BCUT2D eigenvalue weighted by molar-refractivity contribution is 5.90. The lowest BCUT2D eigenvalue weighted by Crippen LogP contribution is -2.28. The molecule has 102 valence electrons. The number of carboxylic acid groups (broad SMARTS) is 2. The fourth-order valence-corrected chi connectivity index (χ4v) is 1.34. The molecule has 5 nitrogen and oxygen atoms in total. The smallest absolute Gasteiger partial charge is 0.331 e. The number of carbonyl (C=O) groups is 2. The van der Waals surface area contributed by atoms with E-state index in [1.807, 2.05) is 0 Å². The summed E-state index contributed by atoms with van der Waals surface area (Å²) < 4.78 is 0. The predicted molar refractivity (Wildman–Crippen MR) is 67.2 cm³/mol. The van der Waals surface area contributed by atoms with Crippen LogP contribution in [0.2, 0.25) is 0 Å². The van der Waals surface area contributed by atoms with Crippen molar-refractivity contribution >= 4 is 11.9 Å². The van der Waals surface area contributed by atoms with Crippen molar-refractivity contribution in [3.63, 3.8) is 0 Å². The van der Waals surface area contributed by atoms with Gasteiger partial charge in [0, 0.05) is 12.2 Å². The SMILES string of the molecule is CC1(C(=O)O)C=CC=C(C(=O)O)C1.CCCCO. The summed E-state index contributed by atoms with van der Waals surface area (Å²) >= 11 is 0. The minimum absolute atomic E-state index is 0.0359. The Morgan fingerprint density at radius 2 is 2.00 bits per heavy atom. The second-order valence-corrected chi connectivity index (χ2v) is 4.33. The Kier molecular flexibility index (Phi) is 6.97. The highest BCUT2D eigenvalue weighted by Crippen LogP contribution is 2.31. The van der Waals surface area contributed by atoms with E-state index in [1.165, 1.54) is 25.2 Å². The summed E-state index contributed by atoms with van der Waals surface area (Å²) in [6, 6.07) is 0. The average molecular weight is 256 g/mol. The van der Waals surface area contributed by atoms with E-state index in [9.17, 15) is 9.59 Å². The van der Waals surface area contributed by atoms with Crippen molar-refractivity contribution in [3.8, 4) is 0 Å². The van der Waals surface area contributed by atoms with Gasteiger partial charge in [0.05, 0.1) is 5.41 Å². The van der Waals surface area contributed by atoms with Gasteiger partial charge >= 0.3 is 11.9 Å². The number of unbranched alkanes of at least 4 members (excludes halogenated alkanes) is 1. The van der Waals surface area contributed by atoms with E-state index >= 15 is 0 Å². The number of aliphatic hydroxyl groups is 1. The van der Waals surface area contributed by atoms with Gasteiger partial charge in [0.2, 0.25) is 0 Å². The first-order chi connectivity index (χ1) is 8.37. The highest BCUT2D eigenvalue weighted by Gasteiger charge is 2.34. The number of rotatable bonds is 4. The highest BCUT2D eigenvalue weighted by atomic mass is 16.4. The summed E-state index contributed by atoms with van der Waals surface area (Å²) in [4.78, 5) is 21.3. The number of hydrogen-bond acceptors (Lipinski definition) is 3. The van der Waals surface area contributed by atoms with E-state index in [0.717, 1.165) is 12.8 Å². The summed E-state index contributed by atoms with van der Waals surface area (Å²) in [6.07, 6.45) is 6.47. The second-order valence-electron chi connectivity index (χ2n) is 4.33. The number of allylic oxidation sites excluding steroid dienone is 2. The minimum Gasteiger partial charge on any atom is -0.481 e. The topological polar surface area (TPSA) is 94.8 Å². The van der Waals surface area contributed by atoms with Gasteiger partial charge in [-0.15, -0.1) is 0 Å². The van der Waals surface area contributed by atoms with E-state index in [4.69, 9.17) is 15.3 Å². The fraction of sp³-hybridized carbons (Fsp3) is 0.538. The molecule has 0 bridgehead atoms. The Labute approximate surface area is 106 Å². The molecule has 0 heterocycles. The molecule has 5 heteroatoms. The third-order valence-corrected chi connectivity index (χ3v) is 2.59. The maximum atomic E-state index is 10.8. The molecule has 0 saturated carbocycles. The largest absolute Gasteiger partial charge is 0.481 e. The molecule has 1 unspecified atom stereocenters. The molecular weight excluding hydrogens is 236 g/mol. The van der Waals surface area contributed by atoms with Crippen LogP contribution in [0.15, 0.2) is 23.8 Å². The van der Waals surface area contributed by atoms with Crippen molar-refractivity contribution in [3.05, 3.63) is 23.8 Å². The molecule has 18 heavy (non-hydrogen) atoms. The van der Waals surface area contributed by atoms with E-state index in [0.29, 0.717) is 6.61 Å². The maximum Gasteiger partial charge on any atom is 0.331 e. The maximum absolute atomic E-state index is 10.8. The number of carboxylic acids is 2. The lowest BCUT2D eigenvalue weighted by molar-refractivity contribution is -0.145. The molecule has 3 N–H and O–H groups in total. The van der Waals surface area contributed by atoms with E-state index in [-0.39, 0.29) is 12.0 Å². The Bertz CT molecular complexity index is 354. The number of aliphatic carboxylic acids is 2. The van der Waals surface area contributed by atoms with Crippen molar-refractivity contribution in [2.45, 2.75) is 33.1 Å². The summed E-state index contributed by atoms with van der Waals surface area (Å²) in [7, 11) is 0. The van der Waals surface area contributed by atoms with Crippen molar-refractivity contribution in [1.29, 1.82) is 0 Å². The molecule has 1 atom stereocenters. The van der Waals surface area contributed by atoms with Crippen LogP contribution in [0.25, 0.3) is 0 Å². The number of hydrogen-bond donors (Lipinski definition) is 3. The predicted octanol–water partition coefficient (Wildman–Crippen LogP) is 1.83. The van der Waals surface area contributed by atoms with Gasteiger partial charge in [-0.05, 0) is 19.8 Å². The summed E-state index contributed by atoms with van der Waals surface area (Å²) in [5, 5.41) is 25.5. The summed E-state index contributed by atoms with van der Waals surface area (Å²) in [6.45, 7) is 3.90. The Morgan fingerprint density at radius 1 is 1.39 bits per heavy atom. The third kappa shape index (κ3) is 5.14. The first-order valence-corrected chi connectivity index (χ1v) is 5.83. The van der Waals surface area contributed by atoms with Crippen molar-refractivity contribution in [1.82, 2.24) is 0 Å². The molecule has 0 aromatic rings. The first kappa shape index (κ1) is 16.4. The first-order valence-electron chi connectivity index (χ1n) is 5.83. The lowest BCUT2D eigenvalue weighted by atomic mass is 9.80. The second kappa shape index (κ2) is 7.66. The van der Waals surface area contributed by atoms with Crippen molar-refractivity contribution in [2.24, 2.45) is 5.41 Å². The Balaban J connectivity index is 0.000000494. The lowest BCUT2D eigenvalue weighted by Gasteiger charge is -2.23. The molecule has 0 aromatic heterocycles. The standard InChI is InChI=1S/C9H10O4.C4H10O/c1-9(8(12)13)4-2-3-6(5-9)7(10)11;1-2-3-4-5/h2-4H,5H2,1H3,(H,10,11)(H,12,13);5H,2-4H2,1H3. The molecule has 0 saturated heterocycles. The van der Waals surface area contributed by atoms with E-state index in [1.54, 1.807) is 0 Å². The molecule has 0 amide bonds. The van der Waals surface area contributed by atoms with Crippen molar-refractivity contribution in [2.75, 3.05) is 6.61 Å². The van der Waals surface area contributed by atoms with Crippen LogP contribution >= 0.6 is 0 Å². The summed E-state index contributed by atoms with van der Waals surface area (Å²) in [5.41, 5.74) is -0.949. The van der Waals surface area contributed by atoms with Gasteiger partial charge in [0.25, 0.3) is 0 Å². The van der Waals surface area contributed by atoms with Crippen LogP contribution < -0.4 is 0 Å². The zero-order chi connectivity index (χ0) is 14.2. The summed E-state index contributed by atoms with van der Waals surface area (Å²) in [5.74, 6) is -2.06. The molecule has 1 aliphatic carbocycles. The molecular formula is C13H20O5. The molecule has 0 spiro atoms. The van der Waals surface area contributed by atoms with Gasteiger partial charge in [-0.2, -0.15) is 0 Å². The average Bonchev–Trinajstić information content (AvgIpc) is 2.30. The Hall–Kier alpha value is -1.62. The van der Waals surface area contributed by atoms with Gasteiger partial charge in [0.15, 0.2) is 0 Å². The van der Waals surface area contributed by atoms with Crippen LogP contribution in [-0.2, 0) is 9.59 Å². The van der Waals surface area contributed by atoms with E-state index < -0.39 is 17.4 Å². The molecule has 0 aliphatic heterocycles. The van der Waals surface area contributed by atoms with Crippen LogP contribution in [0.5, 0.6) is 0 Å². The van der Waals surface area contributed by atoms with Gasteiger partial charge in [-0.1, -0.05) is 31.6 Å². The molecule has 1 aliphatic rings. The molecule has 1 rings (SSSR count). The quantitative estimate of drug-likeness (QED) is 0.713. The van der Waals surface area contributed by atoms with Gasteiger partial charge < -0.3 is 15.3 Å². The third-order valence-electron chi connectivity index (χ3n) is 2.59. The van der Waals surface area contributed by atoms with Crippen LogP contribution in [-0.4, -0.2) is 33.9 Å². The molecule has 0 aromatic carbocycles. The van der Waals surface area contributed by atoms with Crippen LogP contribution in [0.3, 0.4) is 0 Å². The van der Waals surface area contributed by atoms with Gasteiger partial charge in [-0.3, -0.25) is 4.79 Å². The zero-order valence-electron chi connectivity index (χ0n) is 10.7.